The van der Waals surface area contributed by atoms with Crippen molar-refractivity contribution in [2.75, 3.05) is 12.0 Å². The molecule has 0 amide bonds. The Morgan fingerprint density at radius 3 is 2.52 bits per heavy atom. The Hall–Kier alpha value is -2.54. The molecule has 166 valence electrons. The first kappa shape index (κ1) is 21.7. The molecule has 1 unspecified atom stereocenters. The third kappa shape index (κ3) is 4.28. The second-order valence-corrected chi connectivity index (χ2v) is 12.1. The van der Waals surface area contributed by atoms with Crippen molar-refractivity contribution < 1.29 is 25.8 Å². The van der Waals surface area contributed by atoms with Crippen LogP contribution < -0.4 is 0 Å². The highest BCUT2D eigenvalue weighted by Gasteiger charge is 2.33. The fourth-order valence-corrected chi connectivity index (χ4v) is 5.76. The van der Waals surface area contributed by atoms with Gasteiger partial charge in [0.15, 0.2) is 9.84 Å². The lowest BCUT2D eigenvalue weighted by Gasteiger charge is -2.08. The summed E-state index contributed by atoms with van der Waals surface area (Å²) in [7, 11) is -6.31. The zero-order valence-electron chi connectivity index (χ0n) is 16.5. The summed E-state index contributed by atoms with van der Waals surface area (Å²) in [5.74, 6) is -0.234. The predicted octanol–water partition coefficient (Wildman–Crippen LogP) is 3.50. The summed E-state index contributed by atoms with van der Waals surface area (Å²) >= 11 is 0. The van der Waals surface area contributed by atoms with E-state index < -0.39 is 31.4 Å². The van der Waals surface area contributed by atoms with Crippen molar-refractivity contribution in [3.8, 4) is 11.4 Å². The van der Waals surface area contributed by atoms with Crippen molar-refractivity contribution >= 4 is 30.9 Å². The van der Waals surface area contributed by atoms with E-state index in [0.29, 0.717) is 0 Å². The van der Waals surface area contributed by atoms with Gasteiger partial charge in [0.25, 0.3) is 0 Å². The number of alkyl halides is 3. The second-order valence-electron chi connectivity index (χ2n) is 7.26. The summed E-state index contributed by atoms with van der Waals surface area (Å²) in [6, 6.07) is 2.05. The molecule has 1 aliphatic carbocycles. The highest BCUT2D eigenvalue weighted by Crippen LogP contribution is 2.34. The summed E-state index contributed by atoms with van der Waals surface area (Å²) in [4.78, 5) is 11.5. The molecular formula is C18H18F3N5O3S2. The van der Waals surface area contributed by atoms with Crippen LogP contribution in [0.4, 0.5) is 18.9 Å². The van der Waals surface area contributed by atoms with Crippen molar-refractivity contribution in [3.63, 3.8) is 0 Å². The highest BCUT2D eigenvalue weighted by atomic mass is 32.2. The molecule has 0 N–H and O–H groups in total. The maximum absolute atomic E-state index is 12.9. The minimum absolute atomic E-state index is 0.0211. The standard InChI is InChI=1S/C18H18F3N5O3S2/c1-3-31(28,29)14-6-11(25-30(2,27)12-4-5-12)8-22-17(14)13-9-26-10-23-15(18(19,20)21)7-16(26)24-13/h6-10,12H,3-5H2,1-2H3. The largest absolute Gasteiger partial charge is 0.433 e. The average Bonchev–Trinajstić information content (AvgIpc) is 3.47. The van der Waals surface area contributed by atoms with Gasteiger partial charge in [-0.2, -0.15) is 17.5 Å². The van der Waals surface area contributed by atoms with Crippen molar-refractivity contribution in [1.29, 1.82) is 0 Å². The zero-order valence-corrected chi connectivity index (χ0v) is 18.1. The quantitative estimate of drug-likeness (QED) is 0.562. The van der Waals surface area contributed by atoms with Crippen molar-refractivity contribution in [2.24, 2.45) is 4.36 Å². The lowest BCUT2D eigenvalue weighted by atomic mass is 10.3. The van der Waals surface area contributed by atoms with Gasteiger partial charge in [-0.3, -0.25) is 9.38 Å². The number of halogens is 3. The molecule has 1 saturated carbocycles. The van der Waals surface area contributed by atoms with E-state index in [4.69, 9.17) is 0 Å². The van der Waals surface area contributed by atoms with Gasteiger partial charge in [0.1, 0.15) is 29.1 Å². The normalized spacial score (nSPS) is 16.9. The first-order valence-corrected chi connectivity index (χ1v) is 12.9. The number of fused-ring (bicyclic) bond motifs is 1. The lowest BCUT2D eigenvalue weighted by Crippen LogP contribution is -2.08. The summed E-state index contributed by atoms with van der Waals surface area (Å²) in [5.41, 5.74) is -0.956. The van der Waals surface area contributed by atoms with Gasteiger partial charge in [-0.05, 0) is 18.9 Å². The Bertz CT molecular complexity index is 1400. The van der Waals surface area contributed by atoms with Crippen LogP contribution in [-0.2, 0) is 25.7 Å². The molecule has 0 saturated heterocycles. The first-order chi connectivity index (χ1) is 14.4. The SMILES string of the molecule is CCS(=O)(=O)c1cc(N=S(C)(=O)C2CC2)cnc1-c1cn2cnc(C(F)(F)F)cc2n1. The third-order valence-electron chi connectivity index (χ3n) is 4.86. The molecule has 1 aliphatic rings. The topological polar surface area (TPSA) is 107 Å². The molecule has 3 aromatic heterocycles. The Labute approximate surface area is 176 Å². The number of nitrogens with zero attached hydrogens (tertiary/aromatic N) is 5. The average molecular weight is 474 g/mol. The second kappa shape index (κ2) is 7.26. The van der Waals surface area contributed by atoms with Gasteiger partial charge in [0, 0.05) is 23.8 Å². The predicted molar refractivity (Wildman–Crippen MR) is 108 cm³/mol. The van der Waals surface area contributed by atoms with E-state index in [1.165, 1.54) is 36.0 Å². The van der Waals surface area contributed by atoms with Crippen LogP contribution in [0.5, 0.6) is 0 Å². The number of pyridine rings is 1. The lowest BCUT2D eigenvalue weighted by molar-refractivity contribution is -0.141. The van der Waals surface area contributed by atoms with Crippen LogP contribution in [0.2, 0.25) is 0 Å². The van der Waals surface area contributed by atoms with E-state index in [2.05, 4.69) is 19.3 Å². The molecule has 4 rings (SSSR count). The fourth-order valence-electron chi connectivity index (χ4n) is 3.02. The first-order valence-electron chi connectivity index (χ1n) is 9.27. The molecular weight excluding hydrogens is 455 g/mol. The van der Waals surface area contributed by atoms with Gasteiger partial charge in [0.2, 0.25) is 0 Å². The molecule has 1 fully saturated rings. The Kier molecular flexibility index (Phi) is 5.08. The van der Waals surface area contributed by atoms with Gasteiger partial charge in [-0.1, -0.05) is 6.92 Å². The molecule has 1 atom stereocenters. The number of hydrogen-bond acceptors (Lipinski definition) is 7. The van der Waals surface area contributed by atoms with Crippen molar-refractivity contribution in [1.82, 2.24) is 19.4 Å². The van der Waals surface area contributed by atoms with Gasteiger partial charge >= 0.3 is 6.18 Å². The number of aromatic nitrogens is 4. The van der Waals surface area contributed by atoms with E-state index in [1.807, 2.05) is 0 Å². The Morgan fingerprint density at radius 2 is 1.90 bits per heavy atom. The summed E-state index contributed by atoms with van der Waals surface area (Å²) in [6.45, 7) is 1.46. The number of rotatable bonds is 5. The summed E-state index contributed by atoms with van der Waals surface area (Å²) in [5, 5.41) is -0.0211. The minimum atomic E-state index is -4.64. The van der Waals surface area contributed by atoms with Gasteiger partial charge in [-0.25, -0.2) is 22.6 Å². The van der Waals surface area contributed by atoms with Crippen LogP contribution in [0.3, 0.4) is 0 Å². The molecule has 0 aliphatic heterocycles. The molecule has 3 heterocycles. The van der Waals surface area contributed by atoms with Crippen molar-refractivity contribution in [3.05, 3.63) is 36.5 Å². The fraction of sp³-hybridized carbons (Fsp3) is 0.389. The Balaban J connectivity index is 1.87. The van der Waals surface area contributed by atoms with Crippen LogP contribution >= 0.6 is 0 Å². The van der Waals surface area contributed by atoms with E-state index in [-0.39, 0.29) is 38.6 Å². The molecule has 0 aromatic carbocycles. The van der Waals surface area contributed by atoms with Crippen LogP contribution in [-0.4, -0.2) is 49.2 Å². The van der Waals surface area contributed by atoms with Gasteiger partial charge in [0.05, 0.1) is 32.3 Å². The molecule has 0 spiro atoms. The van der Waals surface area contributed by atoms with E-state index >= 15 is 0 Å². The molecule has 13 heteroatoms. The van der Waals surface area contributed by atoms with Gasteiger partial charge < -0.3 is 0 Å². The summed E-state index contributed by atoms with van der Waals surface area (Å²) < 4.78 is 82.3. The van der Waals surface area contributed by atoms with Crippen LogP contribution in [0, 0.1) is 0 Å². The molecule has 8 nitrogen and oxygen atoms in total. The number of sulfone groups is 1. The van der Waals surface area contributed by atoms with Crippen LogP contribution in [0.15, 0.2) is 40.1 Å². The van der Waals surface area contributed by atoms with Crippen LogP contribution in [0.1, 0.15) is 25.5 Å². The van der Waals surface area contributed by atoms with E-state index in [1.54, 1.807) is 0 Å². The zero-order chi connectivity index (χ0) is 22.6. The van der Waals surface area contributed by atoms with Crippen molar-refractivity contribution in [2.45, 2.75) is 36.1 Å². The maximum atomic E-state index is 12.9. The summed E-state index contributed by atoms with van der Waals surface area (Å²) in [6.07, 6.45) is 2.09. The Morgan fingerprint density at radius 1 is 1.19 bits per heavy atom. The molecule has 0 bridgehead atoms. The highest BCUT2D eigenvalue weighted by molar-refractivity contribution is 7.94. The van der Waals surface area contributed by atoms with Crippen LogP contribution in [0.25, 0.3) is 17.0 Å². The smallest absolute Gasteiger partial charge is 0.290 e. The monoisotopic (exact) mass is 473 g/mol. The van der Waals surface area contributed by atoms with E-state index in [9.17, 15) is 25.8 Å². The maximum Gasteiger partial charge on any atom is 0.433 e. The third-order valence-corrected chi connectivity index (χ3v) is 8.89. The molecule has 31 heavy (non-hydrogen) atoms. The number of hydrogen-bond donors (Lipinski definition) is 0. The molecule has 0 radical (unpaired) electrons. The molecule has 3 aromatic rings. The van der Waals surface area contributed by atoms with Gasteiger partial charge in [-0.15, -0.1) is 0 Å². The van der Waals surface area contributed by atoms with E-state index in [0.717, 1.165) is 25.2 Å². The minimum Gasteiger partial charge on any atom is -0.290 e. The number of imidazole rings is 1.